The summed E-state index contributed by atoms with van der Waals surface area (Å²) in [7, 11) is -2.17. The van der Waals surface area contributed by atoms with Crippen LogP contribution in [-0.2, 0) is 16.6 Å². The Hall–Kier alpha value is -1.51. The number of benzene rings is 1. The maximum atomic E-state index is 13.3. The molecule has 1 heterocycles. The molecule has 0 aliphatic rings. The first-order valence-corrected chi connectivity index (χ1v) is 8.10. The Balaban J connectivity index is 2.40. The smallest absolute Gasteiger partial charge is 0.264 e. The second kappa shape index (κ2) is 5.86. The molecule has 0 radical (unpaired) electrons. The molecule has 1 aromatic heterocycles. The molecule has 0 unspecified atom stereocenters. The predicted octanol–water partition coefficient (Wildman–Crippen LogP) is 2.11. The fourth-order valence-electron chi connectivity index (χ4n) is 1.69. The van der Waals surface area contributed by atoms with Crippen LogP contribution in [0.5, 0.6) is 0 Å². The van der Waals surface area contributed by atoms with Crippen molar-refractivity contribution >= 4 is 26.5 Å². The van der Waals surface area contributed by atoms with E-state index >= 15 is 0 Å². The summed E-state index contributed by atoms with van der Waals surface area (Å²) in [4.78, 5) is 4.75. The topological polar surface area (TPSA) is 71.1 Å². The van der Waals surface area contributed by atoms with Crippen LogP contribution in [0.2, 0.25) is 0 Å². The summed E-state index contributed by atoms with van der Waals surface area (Å²) in [6.07, 6.45) is 1.57. The Kier molecular flexibility index (Phi) is 4.36. The van der Waals surface area contributed by atoms with Crippen molar-refractivity contribution in [1.82, 2.24) is 10.3 Å². The van der Waals surface area contributed by atoms with E-state index in [-0.39, 0.29) is 10.0 Å². The second-order valence-corrected chi connectivity index (χ2v) is 7.05. The summed E-state index contributed by atoms with van der Waals surface area (Å²) in [5.41, 5.74) is 0.495. The lowest BCUT2D eigenvalue weighted by Crippen LogP contribution is -2.17. The molecule has 0 atom stereocenters. The minimum Gasteiger partial charge on any atom is -0.316 e. The van der Waals surface area contributed by atoms with Crippen LogP contribution in [-0.4, -0.2) is 20.4 Å². The third kappa shape index (κ3) is 3.33. The van der Waals surface area contributed by atoms with Crippen LogP contribution in [0.15, 0.2) is 29.3 Å². The third-order valence-corrected chi connectivity index (χ3v) is 4.91. The quantitative estimate of drug-likeness (QED) is 0.886. The van der Waals surface area contributed by atoms with Crippen molar-refractivity contribution < 1.29 is 12.8 Å². The molecule has 2 N–H and O–H groups in total. The summed E-state index contributed by atoms with van der Waals surface area (Å²) < 4.78 is 40.3. The van der Waals surface area contributed by atoms with Gasteiger partial charge in [0.2, 0.25) is 0 Å². The van der Waals surface area contributed by atoms with Crippen molar-refractivity contribution in [2.24, 2.45) is 0 Å². The Morgan fingerprint density at radius 3 is 2.75 bits per heavy atom. The van der Waals surface area contributed by atoms with Gasteiger partial charge in [-0.05, 0) is 31.7 Å². The fourth-order valence-corrected chi connectivity index (χ4v) is 3.84. The number of hydrogen-bond acceptors (Lipinski definition) is 5. The highest BCUT2D eigenvalue weighted by Crippen LogP contribution is 2.23. The zero-order chi connectivity index (χ0) is 14.8. The van der Waals surface area contributed by atoms with E-state index in [0.717, 1.165) is 10.9 Å². The lowest BCUT2D eigenvalue weighted by molar-refractivity contribution is 0.592. The molecule has 0 saturated carbocycles. The van der Waals surface area contributed by atoms with Gasteiger partial charge in [-0.25, -0.2) is 17.8 Å². The molecule has 8 heteroatoms. The average Bonchev–Trinajstić information content (AvgIpc) is 2.76. The van der Waals surface area contributed by atoms with E-state index in [2.05, 4.69) is 15.0 Å². The number of nitrogens with one attached hydrogen (secondary N) is 2. The molecule has 0 aliphatic carbocycles. The van der Waals surface area contributed by atoms with Crippen LogP contribution in [0.4, 0.5) is 9.52 Å². The van der Waals surface area contributed by atoms with E-state index < -0.39 is 15.8 Å². The Bertz CT molecular complexity index is 713. The van der Waals surface area contributed by atoms with E-state index in [9.17, 15) is 12.8 Å². The van der Waals surface area contributed by atoms with Gasteiger partial charge >= 0.3 is 0 Å². The normalized spacial score (nSPS) is 11.6. The molecule has 2 rings (SSSR count). The molecule has 0 spiro atoms. The van der Waals surface area contributed by atoms with Gasteiger partial charge in [-0.3, -0.25) is 4.72 Å². The zero-order valence-electron chi connectivity index (χ0n) is 11.0. The van der Waals surface area contributed by atoms with Crippen LogP contribution < -0.4 is 10.0 Å². The molecule has 0 fully saturated rings. The first kappa shape index (κ1) is 14.9. The fraction of sp³-hybridized carbons (Fsp3) is 0.250. The summed E-state index contributed by atoms with van der Waals surface area (Å²) in [6.45, 7) is 2.15. The van der Waals surface area contributed by atoms with Crippen LogP contribution in [0.25, 0.3) is 0 Å². The highest BCUT2D eigenvalue weighted by atomic mass is 32.2. The highest BCUT2D eigenvalue weighted by molar-refractivity contribution is 7.93. The molecule has 0 saturated heterocycles. The number of aryl methyl sites for hydroxylation is 1. The van der Waals surface area contributed by atoms with Crippen molar-refractivity contribution in [1.29, 1.82) is 0 Å². The molecule has 20 heavy (non-hydrogen) atoms. The van der Waals surface area contributed by atoms with Gasteiger partial charge in [0.25, 0.3) is 10.0 Å². The lowest BCUT2D eigenvalue weighted by atomic mass is 10.2. The maximum Gasteiger partial charge on any atom is 0.264 e. The molecule has 0 bridgehead atoms. The summed E-state index contributed by atoms with van der Waals surface area (Å²) >= 11 is 1.22. The van der Waals surface area contributed by atoms with Gasteiger partial charge in [-0.1, -0.05) is 6.07 Å². The SMILES string of the molecule is CNCc1ccc(F)cc1S(=O)(=O)Nc1ncc(C)s1. The predicted molar refractivity (Wildman–Crippen MR) is 76.8 cm³/mol. The van der Waals surface area contributed by atoms with Crippen molar-refractivity contribution in [2.45, 2.75) is 18.4 Å². The van der Waals surface area contributed by atoms with Gasteiger partial charge < -0.3 is 5.32 Å². The van der Waals surface area contributed by atoms with Gasteiger partial charge in [0.05, 0.1) is 4.90 Å². The molecule has 0 aliphatic heterocycles. The first-order valence-electron chi connectivity index (χ1n) is 5.80. The number of aromatic nitrogens is 1. The van der Waals surface area contributed by atoms with Gasteiger partial charge in [-0.15, -0.1) is 11.3 Å². The molecule has 0 amide bonds. The van der Waals surface area contributed by atoms with E-state index in [1.54, 1.807) is 13.2 Å². The second-order valence-electron chi connectivity index (χ2n) is 4.16. The Labute approximate surface area is 120 Å². The van der Waals surface area contributed by atoms with E-state index in [1.807, 2.05) is 6.92 Å². The van der Waals surface area contributed by atoms with Crippen molar-refractivity contribution in [3.8, 4) is 0 Å². The Morgan fingerprint density at radius 1 is 1.40 bits per heavy atom. The molecule has 108 valence electrons. The maximum absolute atomic E-state index is 13.3. The average molecular weight is 315 g/mol. The first-order chi connectivity index (χ1) is 9.42. The van der Waals surface area contributed by atoms with Crippen LogP contribution in [0, 0.1) is 12.7 Å². The van der Waals surface area contributed by atoms with Gasteiger partial charge in [-0.2, -0.15) is 0 Å². The molecule has 2 aromatic rings. The zero-order valence-corrected chi connectivity index (χ0v) is 12.6. The minimum atomic E-state index is -3.86. The summed E-state index contributed by atoms with van der Waals surface area (Å²) in [5.74, 6) is -0.597. The van der Waals surface area contributed by atoms with Crippen molar-refractivity contribution in [3.63, 3.8) is 0 Å². The third-order valence-electron chi connectivity index (χ3n) is 2.53. The number of hydrogen-bond donors (Lipinski definition) is 2. The van der Waals surface area contributed by atoms with Crippen molar-refractivity contribution in [3.05, 3.63) is 40.7 Å². The van der Waals surface area contributed by atoms with Gasteiger partial charge in [0, 0.05) is 17.6 Å². The molecule has 5 nitrogen and oxygen atoms in total. The number of sulfonamides is 1. The Morgan fingerprint density at radius 2 is 2.15 bits per heavy atom. The number of anilines is 1. The highest BCUT2D eigenvalue weighted by Gasteiger charge is 2.20. The molecular weight excluding hydrogens is 301 g/mol. The number of thiazole rings is 1. The lowest BCUT2D eigenvalue weighted by Gasteiger charge is -2.10. The number of halogens is 1. The summed E-state index contributed by atoms with van der Waals surface area (Å²) in [6, 6.07) is 3.70. The minimum absolute atomic E-state index is 0.0836. The van der Waals surface area contributed by atoms with Crippen LogP contribution in [0.3, 0.4) is 0 Å². The van der Waals surface area contributed by atoms with Gasteiger partial charge in [0.1, 0.15) is 5.82 Å². The number of rotatable bonds is 5. The summed E-state index contributed by atoms with van der Waals surface area (Å²) in [5, 5.41) is 3.12. The van der Waals surface area contributed by atoms with Crippen LogP contribution in [0.1, 0.15) is 10.4 Å². The van der Waals surface area contributed by atoms with E-state index in [0.29, 0.717) is 12.1 Å². The molecule has 1 aromatic carbocycles. The standard InChI is InChI=1S/C12H14FN3O2S2/c1-8-6-15-12(19-8)16-20(17,18)11-5-10(13)4-3-9(11)7-14-2/h3-6,14H,7H2,1-2H3,(H,15,16). The largest absolute Gasteiger partial charge is 0.316 e. The number of nitrogens with zero attached hydrogens (tertiary/aromatic N) is 1. The van der Waals surface area contributed by atoms with Crippen molar-refractivity contribution in [2.75, 3.05) is 11.8 Å². The van der Waals surface area contributed by atoms with E-state index in [1.165, 1.54) is 23.5 Å². The van der Waals surface area contributed by atoms with E-state index in [4.69, 9.17) is 0 Å². The van der Waals surface area contributed by atoms with Gasteiger partial charge in [0.15, 0.2) is 5.13 Å². The monoisotopic (exact) mass is 315 g/mol. The molecular formula is C12H14FN3O2S2. The van der Waals surface area contributed by atoms with Crippen LogP contribution >= 0.6 is 11.3 Å².